The second-order valence-electron chi connectivity index (χ2n) is 3.98. The van der Waals surface area contributed by atoms with Gasteiger partial charge in [0.25, 0.3) is 0 Å². The predicted octanol–water partition coefficient (Wildman–Crippen LogP) is 2.26. The summed E-state index contributed by atoms with van der Waals surface area (Å²) in [4.78, 5) is 11.5. The summed E-state index contributed by atoms with van der Waals surface area (Å²) >= 11 is 0. The van der Waals surface area contributed by atoms with Gasteiger partial charge in [-0.25, -0.2) is 4.79 Å². The first-order valence-electron chi connectivity index (χ1n) is 6.69. The molecule has 0 amide bonds. The fourth-order valence-corrected chi connectivity index (χ4v) is 1.32. The van der Waals surface area contributed by atoms with Gasteiger partial charge in [-0.2, -0.15) is 8.78 Å². The molecule has 0 aromatic heterocycles. The van der Waals surface area contributed by atoms with Crippen molar-refractivity contribution in [2.45, 2.75) is 19.4 Å². The summed E-state index contributed by atoms with van der Waals surface area (Å²) in [5, 5.41) is 0. The molecule has 0 aromatic rings. The highest BCUT2D eigenvalue weighted by atomic mass is 19.3. The van der Waals surface area contributed by atoms with E-state index < -0.39 is 30.7 Å². The predicted molar refractivity (Wildman–Crippen MR) is 74.2 cm³/mol. The number of esters is 1. The van der Waals surface area contributed by atoms with Crippen LogP contribution >= 0.6 is 0 Å². The van der Waals surface area contributed by atoms with E-state index in [-0.39, 0.29) is 26.2 Å². The monoisotopic (exact) mass is 324 g/mol. The first-order valence-corrected chi connectivity index (χ1v) is 6.69. The molecule has 8 heteroatoms. The molecule has 0 bridgehead atoms. The molecule has 0 radical (unpaired) electrons. The lowest BCUT2D eigenvalue weighted by Gasteiger charge is -2.19. The van der Waals surface area contributed by atoms with E-state index >= 15 is 0 Å². The van der Waals surface area contributed by atoms with Crippen molar-refractivity contribution in [3.63, 3.8) is 0 Å². The van der Waals surface area contributed by atoms with Crippen LogP contribution in [0.15, 0.2) is 24.5 Å². The third-order valence-corrected chi connectivity index (χ3v) is 2.31. The van der Waals surface area contributed by atoms with Crippen LogP contribution in [0.25, 0.3) is 0 Å². The van der Waals surface area contributed by atoms with E-state index in [4.69, 9.17) is 23.7 Å². The van der Waals surface area contributed by atoms with E-state index in [1.54, 1.807) is 6.92 Å². The van der Waals surface area contributed by atoms with E-state index in [2.05, 4.69) is 6.58 Å². The molecule has 0 fully saturated rings. The minimum atomic E-state index is -2.07. The molecule has 1 atom stereocenters. The minimum Gasteiger partial charge on any atom is -0.462 e. The molecule has 0 heterocycles. The zero-order valence-electron chi connectivity index (χ0n) is 12.8. The van der Waals surface area contributed by atoms with E-state index in [1.165, 1.54) is 13.2 Å². The number of ether oxygens (including phenoxy) is 5. The molecule has 0 aromatic carbocycles. The number of hydrogen-bond acceptors (Lipinski definition) is 6. The van der Waals surface area contributed by atoms with Crippen molar-refractivity contribution in [3.8, 4) is 0 Å². The molecule has 0 spiro atoms. The third-order valence-electron chi connectivity index (χ3n) is 2.31. The van der Waals surface area contributed by atoms with Crippen LogP contribution in [0.5, 0.6) is 0 Å². The third kappa shape index (κ3) is 9.43. The topological polar surface area (TPSA) is 63.2 Å². The van der Waals surface area contributed by atoms with Crippen LogP contribution in [0.1, 0.15) is 13.3 Å². The molecule has 0 saturated heterocycles. The van der Waals surface area contributed by atoms with Gasteiger partial charge in [-0.15, -0.1) is 6.58 Å². The van der Waals surface area contributed by atoms with Gasteiger partial charge in [0, 0.05) is 7.11 Å². The zero-order chi connectivity index (χ0) is 16.8. The van der Waals surface area contributed by atoms with Crippen LogP contribution in [0.3, 0.4) is 0 Å². The first-order chi connectivity index (χ1) is 10.6. The van der Waals surface area contributed by atoms with E-state index in [0.717, 1.165) is 0 Å². The van der Waals surface area contributed by atoms with Crippen LogP contribution in [0.4, 0.5) is 8.78 Å². The van der Waals surface area contributed by atoms with Crippen molar-refractivity contribution in [2.75, 3.05) is 40.3 Å². The van der Waals surface area contributed by atoms with Gasteiger partial charge >= 0.3 is 12.0 Å². The Hall–Kier alpha value is -1.51. The lowest BCUT2D eigenvalue weighted by molar-refractivity contribution is -0.156. The van der Waals surface area contributed by atoms with Gasteiger partial charge in [-0.3, -0.25) is 0 Å². The molecular formula is C14H22F2O6. The summed E-state index contributed by atoms with van der Waals surface area (Å²) in [5.41, 5.74) is 0. The number of rotatable bonds is 13. The minimum absolute atomic E-state index is 0.123. The second-order valence-corrected chi connectivity index (χ2v) is 3.98. The Labute approximate surface area is 128 Å². The average Bonchev–Trinajstić information content (AvgIpc) is 2.49. The quantitative estimate of drug-likeness (QED) is 0.170. The molecule has 1 unspecified atom stereocenters. The second kappa shape index (κ2) is 13.2. The fraction of sp³-hybridized carbons (Fsp3) is 0.643. The van der Waals surface area contributed by atoms with Crippen LogP contribution < -0.4 is 0 Å². The number of hydrogen-bond donors (Lipinski definition) is 0. The maximum absolute atomic E-state index is 12.9. The summed E-state index contributed by atoms with van der Waals surface area (Å²) in [6.45, 7) is 4.93. The summed E-state index contributed by atoms with van der Waals surface area (Å²) in [6.07, 6.45) is -1.69. The van der Waals surface area contributed by atoms with Crippen molar-refractivity contribution < 1.29 is 37.3 Å². The summed E-state index contributed by atoms with van der Waals surface area (Å²) in [5.74, 6) is -1.49. The molecule has 0 aliphatic carbocycles. The molecule has 6 nitrogen and oxygen atoms in total. The first kappa shape index (κ1) is 20.5. The van der Waals surface area contributed by atoms with Gasteiger partial charge in [-0.05, 0) is 6.42 Å². The fourth-order valence-electron chi connectivity index (χ4n) is 1.32. The lowest BCUT2D eigenvalue weighted by atomic mass is 10.2. The molecular weight excluding hydrogens is 302 g/mol. The zero-order valence-corrected chi connectivity index (χ0v) is 12.8. The Bertz CT molecular complexity index is 355. The van der Waals surface area contributed by atoms with Crippen LogP contribution in [-0.4, -0.2) is 52.4 Å². The van der Waals surface area contributed by atoms with Gasteiger partial charge < -0.3 is 23.7 Å². The number of halogens is 2. The lowest BCUT2D eigenvalue weighted by Crippen LogP contribution is -2.25. The molecule has 22 heavy (non-hydrogen) atoms. The summed E-state index contributed by atoms with van der Waals surface area (Å²) in [6, 6.07) is 0. The standard InChI is InChI=1S/C14H22F2O6/c1-4-6-19-9-12(17)22-11(5-2)13(14(15)16)21-10-20-8-7-18-3/h4,11H,1,5-10H2,2-3H3. The van der Waals surface area contributed by atoms with Gasteiger partial charge in [0.15, 0.2) is 12.9 Å². The maximum Gasteiger partial charge on any atom is 0.332 e. The highest BCUT2D eigenvalue weighted by Crippen LogP contribution is 2.19. The Morgan fingerprint density at radius 1 is 1.27 bits per heavy atom. The van der Waals surface area contributed by atoms with Gasteiger partial charge in [0.2, 0.25) is 5.76 Å². The average molecular weight is 324 g/mol. The van der Waals surface area contributed by atoms with Crippen molar-refractivity contribution >= 4 is 5.97 Å². The van der Waals surface area contributed by atoms with Crippen molar-refractivity contribution in [3.05, 3.63) is 24.5 Å². The maximum atomic E-state index is 12.9. The Morgan fingerprint density at radius 2 is 2.00 bits per heavy atom. The number of carbonyl (C=O) groups excluding carboxylic acids is 1. The smallest absolute Gasteiger partial charge is 0.332 e. The molecule has 0 rings (SSSR count). The van der Waals surface area contributed by atoms with E-state index in [9.17, 15) is 13.6 Å². The van der Waals surface area contributed by atoms with Gasteiger partial charge in [0.05, 0.1) is 19.8 Å². The van der Waals surface area contributed by atoms with Gasteiger partial charge in [0.1, 0.15) is 6.61 Å². The Morgan fingerprint density at radius 3 is 2.55 bits per heavy atom. The molecule has 0 saturated carbocycles. The van der Waals surface area contributed by atoms with E-state index in [0.29, 0.717) is 6.61 Å². The van der Waals surface area contributed by atoms with Gasteiger partial charge in [-0.1, -0.05) is 13.0 Å². The molecule has 128 valence electrons. The number of carbonyl (C=O) groups is 1. The number of methoxy groups -OCH3 is 1. The SMILES string of the molecule is C=CCOCC(=O)OC(CC)C(OCOCCOC)=C(F)F. The highest BCUT2D eigenvalue weighted by molar-refractivity contribution is 5.71. The summed E-state index contributed by atoms with van der Waals surface area (Å²) in [7, 11) is 1.48. The molecule has 0 N–H and O–H groups in total. The Kier molecular flexibility index (Phi) is 12.3. The van der Waals surface area contributed by atoms with Crippen molar-refractivity contribution in [1.29, 1.82) is 0 Å². The largest absolute Gasteiger partial charge is 0.462 e. The van der Waals surface area contributed by atoms with Crippen molar-refractivity contribution in [2.24, 2.45) is 0 Å². The molecule has 0 aliphatic rings. The molecule has 0 aliphatic heterocycles. The van der Waals surface area contributed by atoms with Crippen LogP contribution in [-0.2, 0) is 28.5 Å². The normalized spacial score (nSPS) is 11.6. The van der Waals surface area contributed by atoms with Crippen LogP contribution in [0.2, 0.25) is 0 Å². The van der Waals surface area contributed by atoms with Crippen LogP contribution in [0, 0.1) is 0 Å². The highest BCUT2D eigenvalue weighted by Gasteiger charge is 2.24. The Balaban J connectivity index is 4.39. The van der Waals surface area contributed by atoms with E-state index in [1.807, 2.05) is 0 Å². The summed E-state index contributed by atoms with van der Waals surface area (Å²) < 4.78 is 50.1. The van der Waals surface area contributed by atoms with Crippen molar-refractivity contribution in [1.82, 2.24) is 0 Å².